The van der Waals surface area contributed by atoms with Crippen LogP contribution in [-0.2, 0) is 0 Å². The van der Waals surface area contributed by atoms with Crippen molar-refractivity contribution in [3.63, 3.8) is 0 Å². The second-order valence-corrected chi connectivity index (χ2v) is 9.49. The fourth-order valence-electron chi connectivity index (χ4n) is 4.50. The summed E-state index contributed by atoms with van der Waals surface area (Å²) in [5, 5.41) is 22.4. The highest BCUT2D eigenvalue weighted by molar-refractivity contribution is 6.30. The van der Waals surface area contributed by atoms with Crippen molar-refractivity contribution in [2.45, 2.75) is 6.92 Å². The van der Waals surface area contributed by atoms with Crippen molar-refractivity contribution in [2.75, 3.05) is 7.11 Å². The van der Waals surface area contributed by atoms with Crippen LogP contribution in [-0.4, -0.2) is 22.8 Å². The van der Waals surface area contributed by atoms with Crippen molar-refractivity contribution in [1.29, 1.82) is 5.26 Å². The van der Waals surface area contributed by atoms with Crippen LogP contribution in [0.4, 0.5) is 11.5 Å². The van der Waals surface area contributed by atoms with Gasteiger partial charge in [-0.25, -0.2) is 4.99 Å². The minimum Gasteiger partial charge on any atom is -0.497 e. The highest BCUT2D eigenvalue weighted by Crippen LogP contribution is 2.45. The number of aryl methyl sites for hydroxylation is 1. The number of nitrogens with zero attached hydrogens (tertiary/aromatic N) is 4. The predicted molar refractivity (Wildman–Crippen MR) is 158 cm³/mol. The number of aromatic nitrogens is 1. The third-order valence-corrected chi connectivity index (χ3v) is 6.70. The molecule has 5 aromatic rings. The van der Waals surface area contributed by atoms with Gasteiger partial charge in [-0.2, -0.15) is 5.26 Å². The van der Waals surface area contributed by atoms with Crippen molar-refractivity contribution >= 4 is 29.3 Å². The zero-order chi connectivity index (χ0) is 28.2. The molecule has 0 N–H and O–H groups in total. The molecule has 0 amide bonds. The molecule has 1 heterocycles. The van der Waals surface area contributed by atoms with Crippen molar-refractivity contribution in [2.24, 2.45) is 4.99 Å². The lowest BCUT2D eigenvalue weighted by Crippen LogP contribution is -1.98. The molecule has 0 bridgehead atoms. The zero-order valence-electron chi connectivity index (χ0n) is 21.7. The second-order valence-electron chi connectivity index (χ2n) is 9.05. The van der Waals surface area contributed by atoms with E-state index in [9.17, 15) is 15.4 Å². The van der Waals surface area contributed by atoms with E-state index in [2.05, 4.69) is 6.07 Å². The average molecular weight is 547 g/mol. The van der Waals surface area contributed by atoms with E-state index in [0.717, 1.165) is 28.1 Å². The SMILES string of the molecule is COc1ccc(/C=N/c2c(C#N)c(-c3ccc([N+](=O)[O-])cc3)c(-c3cccc(Cl)c3)n2-c2ccc(C)cc2)cc1. The number of ether oxygens (including phenoxy) is 1. The first-order chi connectivity index (χ1) is 19.4. The number of nitro groups is 1. The molecule has 0 radical (unpaired) electrons. The molecule has 0 spiro atoms. The third kappa shape index (κ3) is 5.21. The number of halogens is 1. The van der Waals surface area contributed by atoms with E-state index in [-0.39, 0.29) is 5.69 Å². The summed E-state index contributed by atoms with van der Waals surface area (Å²) in [5.74, 6) is 1.15. The van der Waals surface area contributed by atoms with Gasteiger partial charge in [0, 0.05) is 40.2 Å². The summed E-state index contributed by atoms with van der Waals surface area (Å²) < 4.78 is 7.19. The van der Waals surface area contributed by atoms with E-state index in [4.69, 9.17) is 21.3 Å². The summed E-state index contributed by atoms with van der Waals surface area (Å²) in [6.45, 7) is 2.00. The maximum absolute atomic E-state index is 11.3. The van der Waals surface area contributed by atoms with Gasteiger partial charge in [-0.1, -0.05) is 41.4 Å². The minimum atomic E-state index is -0.449. The van der Waals surface area contributed by atoms with Gasteiger partial charge in [-0.15, -0.1) is 0 Å². The number of nitriles is 1. The Morgan fingerprint density at radius 2 is 1.68 bits per heavy atom. The maximum Gasteiger partial charge on any atom is 0.269 e. The van der Waals surface area contributed by atoms with Gasteiger partial charge < -0.3 is 4.74 Å². The molecule has 40 heavy (non-hydrogen) atoms. The van der Waals surface area contributed by atoms with Crippen molar-refractivity contribution in [3.05, 3.63) is 129 Å². The normalized spacial score (nSPS) is 10.9. The van der Waals surface area contributed by atoms with Crippen LogP contribution in [0.1, 0.15) is 16.7 Å². The predicted octanol–water partition coefficient (Wildman–Crippen LogP) is 8.31. The first-order valence-corrected chi connectivity index (χ1v) is 12.7. The molecule has 0 aliphatic rings. The number of aliphatic imine (C=N–C) groups is 1. The number of benzene rings is 4. The highest BCUT2D eigenvalue weighted by atomic mass is 35.5. The molecule has 196 valence electrons. The van der Waals surface area contributed by atoms with Gasteiger partial charge in [0.15, 0.2) is 5.82 Å². The lowest BCUT2D eigenvalue weighted by atomic mass is 9.97. The lowest BCUT2D eigenvalue weighted by Gasteiger charge is -2.14. The Morgan fingerprint density at radius 3 is 2.27 bits per heavy atom. The average Bonchev–Trinajstić information content (AvgIpc) is 3.31. The summed E-state index contributed by atoms with van der Waals surface area (Å²) >= 11 is 6.43. The van der Waals surface area contributed by atoms with Gasteiger partial charge in [0.05, 0.1) is 17.7 Å². The molecular weight excluding hydrogens is 524 g/mol. The second kappa shape index (κ2) is 11.3. The van der Waals surface area contributed by atoms with E-state index in [1.165, 1.54) is 12.1 Å². The molecule has 1 aromatic heterocycles. The zero-order valence-corrected chi connectivity index (χ0v) is 22.5. The number of methoxy groups -OCH3 is 1. The Bertz CT molecular complexity index is 1770. The first-order valence-electron chi connectivity index (χ1n) is 12.3. The van der Waals surface area contributed by atoms with E-state index in [1.54, 1.807) is 31.5 Å². The van der Waals surface area contributed by atoms with Crippen LogP contribution in [0.5, 0.6) is 5.75 Å². The van der Waals surface area contributed by atoms with Crippen molar-refractivity contribution in [3.8, 4) is 39.9 Å². The molecule has 0 aliphatic heterocycles. The smallest absolute Gasteiger partial charge is 0.269 e. The van der Waals surface area contributed by atoms with Crippen molar-refractivity contribution < 1.29 is 9.66 Å². The van der Waals surface area contributed by atoms with Gasteiger partial charge >= 0.3 is 0 Å². The molecule has 0 unspecified atom stereocenters. The number of hydrogen-bond acceptors (Lipinski definition) is 5. The monoisotopic (exact) mass is 546 g/mol. The van der Waals surface area contributed by atoms with Crippen LogP contribution >= 0.6 is 11.6 Å². The van der Waals surface area contributed by atoms with Crippen LogP contribution in [0, 0.1) is 28.4 Å². The summed E-state index contributed by atoms with van der Waals surface area (Å²) in [4.78, 5) is 15.7. The Balaban J connectivity index is 1.84. The standard InChI is InChI=1S/C32H23ClN4O3/c1-21-6-12-26(13-7-21)36-31(24-4-3-5-25(33)18-24)30(23-10-14-27(15-11-23)37(38)39)29(19-34)32(36)35-20-22-8-16-28(40-2)17-9-22/h3-18,20H,1-2H3/b35-20+. The largest absolute Gasteiger partial charge is 0.497 e. The van der Waals surface area contributed by atoms with Crippen LogP contribution in [0.25, 0.3) is 28.1 Å². The van der Waals surface area contributed by atoms with Crippen LogP contribution in [0.2, 0.25) is 5.02 Å². The maximum atomic E-state index is 11.3. The molecule has 0 saturated heterocycles. The fraction of sp³-hybridized carbons (Fsp3) is 0.0625. The molecule has 8 heteroatoms. The summed E-state index contributed by atoms with van der Waals surface area (Å²) in [5.41, 5.74) is 5.69. The number of hydrogen-bond donors (Lipinski definition) is 0. The van der Waals surface area contributed by atoms with E-state index in [0.29, 0.717) is 33.2 Å². The summed E-state index contributed by atoms with van der Waals surface area (Å²) in [7, 11) is 1.61. The van der Waals surface area contributed by atoms with Gasteiger partial charge in [0.2, 0.25) is 0 Å². The Kier molecular flexibility index (Phi) is 7.45. The molecule has 7 nitrogen and oxygen atoms in total. The Morgan fingerprint density at radius 1 is 0.975 bits per heavy atom. The van der Waals surface area contributed by atoms with Gasteiger partial charge in [0.25, 0.3) is 5.69 Å². The Hall–Kier alpha value is -5.19. The molecule has 4 aromatic carbocycles. The quantitative estimate of drug-likeness (QED) is 0.116. The van der Waals surface area contributed by atoms with Gasteiger partial charge in [-0.3, -0.25) is 14.7 Å². The van der Waals surface area contributed by atoms with E-state index >= 15 is 0 Å². The van der Waals surface area contributed by atoms with Crippen LogP contribution in [0.15, 0.2) is 102 Å². The van der Waals surface area contributed by atoms with Gasteiger partial charge in [0.1, 0.15) is 17.4 Å². The fourth-order valence-corrected chi connectivity index (χ4v) is 4.69. The lowest BCUT2D eigenvalue weighted by molar-refractivity contribution is -0.384. The molecule has 0 aliphatic carbocycles. The molecule has 5 rings (SSSR count). The molecular formula is C32H23ClN4O3. The van der Waals surface area contributed by atoms with E-state index in [1.807, 2.05) is 78.2 Å². The summed E-state index contributed by atoms with van der Waals surface area (Å²) in [6.07, 6.45) is 1.70. The topological polar surface area (TPSA) is 93.4 Å². The number of non-ortho nitro benzene ring substituents is 1. The van der Waals surface area contributed by atoms with Crippen LogP contribution in [0.3, 0.4) is 0 Å². The third-order valence-electron chi connectivity index (χ3n) is 6.47. The first kappa shape index (κ1) is 26.4. The summed E-state index contributed by atoms with van der Waals surface area (Å²) in [6, 6.07) is 31.2. The highest BCUT2D eigenvalue weighted by Gasteiger charge is 2.26. The molecule has 0 fully saturated rings. The Labute approximate surface area is 236 Å². The van der Waals surface area contributed by atoms with E-state index < -0.39 is 4.92 Å². The number of rotatable bonds is 7. The van der Waals surface area contributed by atoms with Gasteiger partial charge in [-0.05, 0) is 78.7 Å². The molecule has 0 atom stereocenters. The minimum absolute atomic E-state index is 0.0396. The van der Waals surface area contributed by atoms with Crippen LogP contribution < -0.4 is 4.74 Å². The van der Waals surface area contributed by atoms with Crippen molar-refractivity contribution in [1.82, 2.24) is 4.57 Å². The molecule has 0 saturated carbocycles. The number of nitro benzene ring substituents is 1.